The lowest BCUT2D eigenvalue weighted by atomic mass is 10.1. The average molecular weight is 307 g/mol. The number of nitriles is 1. The fourth-order valence-electron chi connectivity index (χ4n) is 2.76. The van der Waals surface area contributed by atoms with Crippen LogP contribution in [0.1, 0.15) is 11.1 Å². The Bertz CT molecular complexity index is 750. The largest absolute Gasteiger partial charge is 0.508 e. The summed E-state index contributed by atoms with van der Waals surface area (Å²) < 4.78 is 0. The van der Waals surface area contributed by atoms with Gasteiger partial charge in [-0.3, -0.25) is 9.69 Å². The minimum absolute atomic E-state index is 0.0427. The van der Waals surface area contributed by atoms with Crippen LogP contribution in [0.2, 0.25) is 0 Å². The predicted molar refractivity (Wildman–Crippen MR) is 86.9 cm³/mol. The van der Waals surface area contributed by atoms with E-state index in [1.54, 1.807) is 47.4 Å². The number of carbonyl (C=O) groups excluding carboxylic acids is 1. The van der Waals surface area contributed by atoms with Gasteiger partial charge in [-0.2, -0.15) is 5.26 Å². The molecule has 1 aliphatic heterocycles. The Balaban J connectivity index is 1.65. The molecule has 116 valence electrons. The summed E-state index contributed by atoms with van der Waals surface area (Å²) in [5, 5.41) is 18.3. The van der Waals surface area contributed by atoms with Gasteiger partial charge in [0.25, 0.3) is 0 Å². The van der Waals surface area contributed by atoms with Crippen LogP contribution in [0.15, 0.2) is 48.5 Å². The molecule has 0 aliphatic carbocycles. The third-order valence-corrected chi connectivity index (χ3v) is 3.92. The quantitative estimate of drug-likeness (QED) is 0.943. The average Bonchev–Trinajstić information content (AvgIpc) is 2.55. The standard InChI is InChI=1S/C18H17N3O2/c19-11-14-4-6-16(7-5-14)21-9-8-20(13-18(21)23)12-15-2-1-3-17(22)10-15/h1-7,10,22H,8-9,12-13H2. The lowest BCUT2D eigenvalue weighted by molar-refractivity contribution is -0.121. The van der Waals surface area contributed by atoms with Crippen molar-refractivity contribution < 1.29 is 9.90 Å². The minimum Gasteiger partial charge on any atom is -0.508 e. The first kappa shape index (κ1) is 15.1. The number of anilines is 1. The number of carbonyl (C=O) groups is 1. The molecule has 1 heterocycles. The minimum atomic E-state index is 0.0427. The van der Waals surface area contributed by atoms with Crippen molar-refractivity contribution in [2.75, 3.05) is 24.5 Å². The molecule has 1 saturated heterocycles. The number of piperazine rings is 1. The Kier molecular flexibility index (Phi) is 4.26. The van der Waals surface area contributed by atoms with E-state index in [4.69, 9.17) is 5.26 Å². The first-order valence-electron chi connectivity index (χ1n) is 7.46. The molecule has 1 N–H and O–H groups in total. The molecule has 0 spiro atoms. The van der Waals surface area contributed by atoms with E-state index < -0.39 is 0 Å². The molecule has 0 atom stereocenters. The summed E-state index contributed by atoms with van der Waals surface area (Å²) in [5.41, 5.74) is 2.40. The number of amides is 1. The second kappa shape index (κ2) is 6.51. The highest BCUT2D eigenvalue weighted by Crippen LogP contribution is 2.19. The van der Waals surface area contributed by atoms with Gasteiger partial charge in [-0.25, -0.2) is 0 Å². The first-order valence-corrected chi connectivity index (χ1v) is 7.46. The second-order valence-corrected chi connectivity index (χ2v) is 5.58. The summed E-state index contributed by atoms with van der Waals surface area (Å²) in [4.78, 5) is 16.2. The Labute approximate surface area is 135 Å². The molecular formula is C18H17N3O2. The van der Waals surface area contributed by atoms with Crippen LogP contribution in [0, 0.1) is 11.3 Å². The Morgan fingerprint density at radius 1 is 1.13 bits per heavy atom. The maximum Gasteiger partial charge on any atom is 0.241 e. The normalized spacial score (nSPS) is 15.4. The van der Waals surface area contributed by atoms with Crippen LogP contribution in [0.5, 0.6) is 5.75 Å². The van der Waals surface area contributed by atoms with E-state index in [0.717, 1.165) is 17.8 Å². The van der Waals surface area contributed by atoms with Crippen molar-refractivity contribution in [3.05, 3.63) is 59.7 Å². The van der Waals surface area contributed by atoms with E-state index in [0.29, 0.717) is 25.2 Å². The first-order chi connectivity index (χ1) is 11.2. The zero-order valence-corrected chi connectivity index (χ0v) is 12.6. The van der Waals surface area contributed by atoms with Gasteiger partial charge in [0.2, 0.25) is 5.91 Å². The summed E-state index contributed by atoms with van der Waals surface area (Å²) in [5.74, 6) is 0.283. The highest BCUT2D eigenvalue weighted by Gasteiger charge is 2.25. The van der Waals surface area contributed by atoms with Crippen LogP contribution < -0.4 is 4.90 Å². The summed E-state index contributed by atoms with van der Waals surface area (Å²) in [6.45, 7) is 2.36. The fourth-order valence-corrected chi connectivity index (χ4v) is 2.76. The van der Waals surface area contributed by atoms with Crippen LogP contribution in [-0.2, 0) is 11.3 Å². The monoisotopic (exact) mass is 307 g/mol. The van der Waals surface area contributed by atoms with Crippen LogP contribution in [0.25, 0.3) is 0 Å². The SMILES string of the molecule is N#Cc1ccc(N2CCN(Cc3cccc(O)c3)CC2=O)cc1. The van der Waals surface area contributed by atoms with Crippen LogP contribution in [-0.4, -0.2) is 35.5 Å². The highest BCUT2D eigenvalue weighted by atomic mass is 16.3. The molecule has 0 bridgehead atoms. The number of rotatable bonds is 3. The zero-order chi connectivity index (χ0) is 16.2. The molecule has 5 nitrogen and oxygen atoms in total. The fraction of sp³-hybridized carbons (Fsp3) is 0.222. The number of hydrogen-bond acceptors (Lipinski definition) is 4. The third-order valence-electron chi connectivity index (χ3n) is 3.92. The van der Waals surface area contributed by atoms with Gasteiger partial charge >= 0.3 is 0 Å². The molecular weight excluding hydrogens is 290 g/mol. The molecule has 5 heteroatoms. The molecule has 0 radical (unpaired) electrons. The maximum atomic E-state index is 12.4. The summed E-state index contributed by atoms with van der Waals surface area (Å²) >= 11 is 0. The van der Waals surface area contributed by atoms with Crippen molar-refractivity contribution in [2.24, 2.45) is 0 Å². The van der Waals surface area contributed by atoms with Crippen molar-refractivity contribution in [3.8, 4) is 11.8 Å². The van der Waals surface area contributed by atoms with Gasteiger partial charge in [0.1, 0.15) is 5.75 Å². The second-order valence-electron chi connectivity index (χ2n) is 5.58. The smallest absolute Gasteiger partial charge is 0.241 e. The van der Waals surface area contributed by atoms with Crippen LogP contribution >= 0.6 is 0 Å². The van der Waals surface area contributed by atoms with Gasteiger partial charge in [0.15, 0.2) is 0 Å². The summed E-state index contributed by atoms with van der Waals surface area (Å²) in [7, 11) is 0. The Morgan fingerprint density at radius 3 is 2.57 bits per heavy atom. The lowest BCUT2D eigenvalue weighted by Crippen LogP contribution is -2.50. The molecule has 23 heavy (non-hydrogen) atoms. The highest BCUT2D eigenvalue weighted by molar-refractivity contribution is 5.95. The Hall–Kier alpha value is -2.84. The number of nitrogens with zero attached hydrogens (tertiary/aromatic N) is 3. The predicted octanol–water partition coefficient (Wildman–Crippen LogP) is 2.11. The summed E-state index contributed by atoms with van der Waals surface area (Å²) in [6, 6.07) is 16.2. The van der Waals surface area contributed by atoms with Crippen molar-refractivity contribution in [1.82, 2.24) is 4.90 Å². The van der Waals surface area contributed by atoms with E-state index in [-0.39, 0.29) is 11.7 Å². The van der Waals surface area contributed by atoms with E-state index in [9.17, 15) is 9.90 Å². The molecule has 0 aromatic heterocycles. The summed E-state index contributed by atoms with van der Waals surface area (Å²) in [6.07, 6.45) is 0. The molecule has 1 aliphatic rings. The molecule has 1 fully saturated rings. The van der Waals surface area contributed by atoms with Gasteiger partial charge in [-0.15, -0.1) is 0 Å². The van der Waals surface area contributed by atoms with Gasteiger partial charge < -0.3 is 10.0 Å². The molecule has 0 saturated carbocycles. The van der Waals surface area contributed by atoms with E-state index in [1.165, 1.54) is 0 Å². The Morgan fingerprint density at radius 2 is 1.91 bits per heavy atom. The molecule has 2 aromatic carbocycles. The van der Waals surface area contributed by atoms with E-state index in [1.807, 2.05) is 6.07 Å². The van der Waals surface area contributed by atoms with Gasteiger partial charge in [-0.1, -0.05) is 12.1 Å². The van der Waals surface area contributed by atoms with Crippen LogP contribution in [0.3, 0.4) is 0 Å². The van der Waals surface area contributed by atoms with Crippen molar-refractivity contribution >= 4 is 11.6 Å². The van der Waals surface area contributed by atoms with Crippen molar-refractivity contribution in [2.45, 2.75) is 6.54 Å². The molecule has 2 aromatic rings. The van der Waals surface area contributed by atoms with E-state index >= 15 is 0 Å². The topological polar surface area (TPSA) is 67.6 Å². The van der Waals surface area contributed by atoms with Crippen molar-refractivity contribution in [3.63, 3.8) is 0 Å². The zero-order valence-electron chi connectivity index (χ0n) is 12.6. The van der Waals surface area contributed by atoms with Crippen LogP contribution in [0.4, 0.5) is 5.69 Å². The third kappa shape index (κ3) is 3.50. The van der Waals surface area contributed by atoms with Gasteiger partial charge in [-0.05, 0) is 42.0 Å². The molecule has 1 amide bonds. The van der Waals surface area contributed by atoms with E-state index in [2.05, 4.69) is 11.0 Å². The molecule has 0 unspecified atom stereocenters. The molecule has 3 rings (SSSR count). The van der Waals surface area contributed by atoms with Gasteiger partial charge in [0, 0.05) is 25.3 Å². The number of benzene rings is 2. The number of phenolic OH excluding ortho intramolecular Hbond substituents is 1. The van der Waals surface area contributed by atoms with Gasteiger partial charge in [0.05, 0.1) is 18.2 Å². The maximum absolute atomic E-state index is 12.4. The number of aromatic hydroxyl groups is 1. The lowest BCUT2D eigenvalue weighted by Gasteiger charge is -2.34. The number of phenols is 1. The number of hydrogen-bond donors (Lipinski definition) is 1. The van der Waals surface area contributed by atoms with Crippen molar-refractivity contribution in [1.29, 1.82) is 5.26 Å².